The highest BCUT2D eigenvalue weighted by Crippen LogP contribution is 2.26. The predicted octanol–water partition coefficient (Wildman–Crippen LogP) is 4.79. The van der Waals surface area contributed by atoms with Crippen molar-refractivity contribution in [2.75, 3.05) is 19.7 Å². The fourth-order valence-electron chi connectivity index (χ4n) is 3.43. The van der Waals surface area contributed by atoms with Gasteiger partial charge < -0.3 is 15.8 Å². The molecule has 25 heavy (non-hydrogen) atoms. The minimum Gasteiger partial charge on any atom is -0.493 e. The second kappa shape index (κ2) is 10.3. The fraction of sp³-hybridized carbons (Fsp3) is 0.545. The Balaban J connectivity index is 1.64. The van der Waals surface area contributed by atoms with Gasteiger partial charge in [-0.05, 0) is 63.5 Å². The highest BCUT2D eigenvalue weighted by atomic mass is 16.5. The van der Waals surface area contributed by atoms with E-state index in [9.17, 15) is 0 Å². The lowest BCUT2D eigenvalue weighted by Crippen LogP contribution is -2.22. The fourth-order valence-corrected chi connectivity index (χ4v) is 3.43. The van der Waals surface area contributed by atoms with Gasteiger partial charge >= 0.3 is 0 Å². The minimum atomic E-state index is 0.621. The number of aryl methyl sites for hydroxylation is 1. The van der Waals surface area contributed by atoms with E-state index in [-0.39, 0.29) is 0 Å². The van der Waals surface area contributed by atoms with E-state index in [1.54, 1.807) is 0 Å². The molecular weight excluding hydrogens is 308 g/mol. The van der Waals surface area contributed by atoms with Crippen LogP contribution in [0, 0.1) is 6.92 Å². The van der Waals surface area contributed by atoms with E-state index in [1.165, 1.54) is 30.4 Å². The molecule has 1 unspecified atom stereocenters. The summed E-state index contributed by atoms with van der Waals surface area (Å²) >= 11 is 0. The molecule has 3 nitrogen and oxygen atoms in total. The lowest BCUT2D eigenvalue weighted by Gasteiger charge is -2.20. The zero-order chi connectivity index (χ0) is 18.1. The third-order valence-corrected chi connectivity index (χ3v) is 5.11. The largest absolute Gasteiger partial charge is 0.493 e. The van der Waals surface area contributed by atoms with E-state index in [1.807, 2.05) is 0 Å². The van der Waals surface area contributed by atoms with Gasteiger partial charge in [-0.1, -0.05) is 43.3 Å². The lowest BCUT2D eigenvalue weighted by molar-refractivity contribution is 0.218. The molecule has 1 aliphatic rings. The van der Waals surface area contributed by atoms with Gasteiger partial charge in [-0.3, -0.25) is 0 Å². The second-order valence-corrected chi connectivity index (χ2v) is 7.04. The molecule has 0 saturated carbocycles. The SMILES string of the molecule is C=C(OCCNCCC(CC)c1ccc(C)cc1)C1=C(N)CCCC1. The molecule has 0 amide bonds. The first kappa shape index (κ1) is 19.6. The standard InChI is InChI=1S/C22H34N2O/c1-4-19(20-11-9-17(2)10-12-20)13-14-24-15-16-25-18(3)21-7-5-6-8-22(21)23/h9-12,19,24H,3-8,13-16,23H2,1-2H3. The molecule has 3 heteroatoms. The number of hydrogen-bond donors (Lipinski definition) is 2. The zero-order valence-electron chi connectivity index (χ0n) is 15.9. The summed E-state index contributed by atoms with van der Waals surface area (Å²) in [7, 11) is 0. The van der Waals surface area contributed by atoms with E-state index in [4.69, 9.17) is 10.5 Å². The van der Waals surface area contributed by atoms with Crippen LogP contribution in [0.2, 0.25) is 0 Å². The molecule has 0 aromatic heterocycles. The van der Waals surface area contributed by atoms with Gasteiger partial charge in [0.15, 0.2) is 0 Å². The van der Waals surface area contributed by atoms with Gasteiger partial charge in [0, 0.05) is 17.8 Å². The molecule has 1 aliphatic carbocycles. The van der Waals surface area contributed by atoms with E-state index in [2.05, 4.69) is 50.0 Å². The molecule has 138 valence electrons. The van der Waals surface area contributed by atoms with Crippen molar-refractivity contribution >= 4 is 0 Å². The van der Waals surface area contributed by atoms with Crippen LogP contribution < -0.4 is 11.1 Å². The van der Waals surface area contributed by atoms with E-state index in [0.29, 0.717) is 12.5 Å². The normalized spacial score (nSPS) is 15.9. The Morgan fingerprint density at radius 1 is 1.20 bits per heavy atom. The Bertz CT molecular complexity index is 574. The van der Waals surface area contributed by atoms with Crippen LogP contribution in [0.1, 0.15) is 62.5 Å². The summed E-state index contributed by atoms with van der Waals surface area (Å²) in [5, 5.41) is 3.49. The highest BCUT2D eigenvalue weighted by Gasteiger charge is 2.14. The van der Waals surface area contributed by atoms with Crippen molar-refractivity contribution in [3.05, 3.63) is 59.0 Å². The minimum absolute atomic E-state index is 0.621. The van der Waals surface area contributed by atoms with Gasteiger partial charge in [0.25, 0.3) is 0 Å². The molecule has 0 aliphatic heterocycles. The van der Waals surface area contributed by atoms with Crippen molar-refractivity contribution in [2.45, 2.75) is 58.3 Å². The number of rotatable bonds is 10. The Morgan fingerprint density at radius 3 is 2.60 bits per heavy atom. The van der Waals surface area contributed by atoms with E-state index < -0.39 is 0 Å². The molecule has 1 aromatic rings. The quantitative estimate of drug-likeness (QED) is 0.475. The van der Waals surface area contributed by atoms with Crippen molar-refractivity contribution in [3.63, 3.8) is 0 Å². The average Bonchev–Trinajstić information content (AvgIpc) is 2.62. The number of allylic oxidation sites excluding steroid dienone is 2. The molecule has 2 rings (SSSR count). The lowest BCUT2D eigenvalue weighted by atomic mass is 9.92. The van der Waals surface area contributed by atoms with Crippen molar-refractivity contribution < 1.29 is 4.74 Å². The molecule has 0 fully saturated rings. The van der Waals surface area contributed by atoms with Crippen LogP contribution >= 0.6 is 0 Å². The van der Waals surface area contributed by atoms with Gasteiger partial charge in [0.1, 0.15) is 12.4 Å². The summed E-state index contributed by atoms with van der Waals surface area (Å²) in [6.07, 6.45) is 6.68. The molecule has 0 bridgehead atoms. The number of ether oxygens (including phenoxy) is 1. The Morgan fingerprint density at radius 2 is 1.92 bits per heavy atom. The van der Waals surface area contributed by atoms with Crippen LogP contribution in [0.5, 0.6) is 0 Å². The van der Waals surface area contributed by atoms with Gasteiger partial charge in [-0.15, -0.1) is 0 Å². The van der Waals surface area contributed by atoms with Gasteiger partial charge in [0.2, 0.25) is 0 Å². The van der Waals surface area contributed by atoms with Gasteiger partial charge in [0.05, 0.1) is 0 Å². The topological polar surface area (TPSA) is 47.3 Å². The molecule has 1 atom stereocenters. The van der Waals surface area contributed by atoms with Gasteiger partial charge in [-0.25, -0.2) is 0 Å². The van der Waals surface area contributed by atoms with Crippen molar-refractivity contribution in [3.8, 4) is 0 Å². The first-order chi connectivity index (χ1) is 12.1. The van der Waals surface area contributed by atoms with Crippen molar-refractivity contribution in [1.82, 2.24) is 5.32 Å². The maximum atomic E-state index is 6.07. The van der Waals surface area contributed by atoms with E-state index in [0.717, 1.165) is 49.4 Å². The average molecular weight is 343 g/mol. The Kier molecular flexibility index (Phi) is 8.07. The second-order valence-electron chi connectivity index (χ2n) is 7.04. The van der Waals surface area contributed by atoms with Crippen LogP contribution in [-0.2, 0) is 4.74 Å². The summed E-state index contributed by atoms with van der Waals surface area (Å²) in [5.41, 5.74) is 10.9. The van der Waals surface area contributed by atoms with Crippen molar-refractivity contribution in [2.24, 2.45) is 5.73 Å². The molecular formula is C22H34N2O. The van der Waals surface area contributed by atoms with Gasteiger partial charge in [-0.2, -0.15) is 0 Å². The number of hydrogen-bond acceptors (Lipinski definition) is 3. The molecule has 0 radical (unpaired) electrons. The van der Waals surface area contributed by atoms with E-state index >= 15 is 0 Å². The maximum Gasteiger partial charge on any atom is 0.117 e. The maximum absolute atomic E-state index is 6.07. The first-order valence-corrected chi connectivity index (χ1v) is 9.68. The summed E-state index contributed by atoms with van der Waals surface area (Å²) in [4.78, 5) is 0. The molecule has 0 heterocycles. The number of nitrogens with two attached hydrogens (primary N) is 1. The van der Waals surface area contributed by atoms with Crippen LogP contribution in [0.15, 0.2) is 47.9 Å². The summed E-state index contributed by atoms with van der Waals surface area (Å²) in [6.45, 7) is 10.9. The first-order valence-electron chi connectivity index (χ1n) is 9.68. The number of benzene rings is 1. The summed E-state index contributed by atoms with van der Waals surface area (Å²) in [6, 6.07) is 8.94. The van der Waals surface area contributed by atoms with Crippen molar-refractivity contribution in [1.29, 1.82) is 0 Å². The smallest absolute Gasteiger partial charge is 0.117 e. The Labute approximate surface area is 153 Å². The van der Waals surface area contributed by atoms with Crippen LogP contribution in [0.25, 0.3) is 0 Å². The molecule has 1 aromatic carbocycles. The van der Waals surface area contributed by atoms with Crippen LogP contribution in [0.3, 0.4) is 0 Å². The third-order valence-electron chi connectivity index (χ3n) is 5.11. The predicted molar refractivity (Wildman–Crippen MR) is 106 cm³/mol. The summed E-state index contributed by atoms with van der Waals surface area (Å²) < 4.78 is 5.79. The Hall–Kier alpha value is -1.74. The molecule has 0 saturated heterocycles. The van der Waals surface area contributed by atoms with Crippen LogP contribution in [0.4, 0.5) is 0 Å². The zero-order valence-corrected chi connectivity index (χ0v) is 15.9. The van der Waals surface area contributed by atoms with Crippen LogP contribution in [-0.4, -0.2) is 19.7 Å². The molecule has 0 spiro atoms. The molecule has 3 N–H and O–H groups in total. The highest BCUT2D eigenvalue weighted by molar-refractivity contribution is 5.29. The third kappa shape index (κ3) is 6.24. The summed E-state index contributed by atoms with van der Waals surface area (Å²) in [5.74, 6) is 1.39. The monoisotopic (exact) mass is 342 g/mol. The number of nitrogens with one attached hydrogen (secondary N) is 1.